The fourth-order valence-electron chi connectivity index (χ4n) is 9.87. The molecule has 12 rings (SSSR count). The molecule has 0 saturated heterocycles. The number of hydrogen-bond acceptors (Lipinski definition) is 18. The number of anilines is 2. The van der Waals surface area contributed by atoms with E-state index in [9.17, 15) is 28.0 Å². The zero-order valence-corrected chi connectivity index (χ0v) is 52.4. The molecule has 22 nitrogen and oxygen atoms in total. The van der Waals surface area contributed by atoms with Gasteiger partial charge in [0, 0.05) is 92.1 Å². The van der Waals surface area contributed by atoms with E-state index in [0.717, 1.165) is 25.3 Å². The molecule has 26 heteroatoms. The monoisotopic (exact) mass is 1320 g/mol. The number of aromatic nitrogens is 4. The molecule has 2 aliphatic rings. The van der Waals surface area contributed by atoms with Gasteiger partial charge >= 0.3 is 0 Å². The third kappa shape index (κ3) is 15.9. The van der Waals surface area contributed by atoms with Crippen LogP contribution in [0.3, 0.4) is 0 Å². The number of pyridine rings is 4. The Morgan fingerprint density at radius 2 is 1.02 bits per heavy atom. The van der Waals surface area contributed by atoms with Gasteiger partial charge in [-0.25, -0.2) is 17.6 Å². The lowest BCUT2D eigenvalue weighted by atomic mass is 10.1. The lowest BCUT2D eigenvalue weighted by Gasteiger charge is -2.23. The molecule has 0 radical (unpaired) electrons. The summed E-state index contributed by atoms with van der Waals surface area (Å²) in [6, 6.07) is 29.0. The van der Waals surface area contributed by atoms with Crippen LogP contribution in [-0.4, -0.2) is 111 Å². The van der Waals surface area contributed by atoms with Crippen molar-refractivity contribution in [2.24, 2.45) is 5.73 Å². The normalized spacial score (nSPS) is 11.9. The van der Waals surface area contributed by atoms with E-state index in [0.29, 0.717) is 107 Å². The summed E-state index contributed by atoms with van der Waals surface area (Å²) in [5.41, 5.74) is 5.64. The summed E-state index contributed by atoms with van der Waals surface area (Å²) in [5, 5.41) is 6.04. The number of amides is 2. The third-order valence-electron chi connectivity index (χ3n) is 14.2. The number of carbonyl (C=O) groups excluding carboxylic acids is 2. The minimum Gasteiger partial charge on any atom is -0.493 e. The average molecular weight is 1320 g/mol. The summed E-state index contributed by atoms with van der Waals surface area (Å²) in [5.74, 6) is -1.37. The maximum absolute atomic E-state index is 15.5. The van der Waals surface area contributed by atoms with Crippen LogP contribution in [0.15, 0.2) is 162 Å². The van der Waals surface area contributed by atoms with Crippen LogP contribution >= 0.6 is 0 Å². The lowest BCUT2D eigenvalue weighted by Crippen LogP contribution is -2.29. The van der Waals surface area contributed by atoms with E-state index in [1.807, 2.05) is 13.8 Å². The van der Waals surface area contributed by atoms with Crippen LogP contribution in [0.5, 0.6) is 63.2 Å². The first-order chi connectivity index (χ1) is 46.7. The number of rotatable bonds is 22. The van der Waals surface area contributed by atoms with Gasteiger partial charge in [-0.2, -0.15) is 0 Å². The second kappa shape index (κ2) is 32.1. The van der Waals surface area contributed by atoms with Gasteiger partial charge in [0.2, 0.25) is 11.5 Å². The summed E-state index contributed by atoms with van der Waals surface area (Å²) in [4.78, 5) is 61.6. The number of nitrogens with two attached hydrogens (primary N) is 1. The van der Waals surface area contributed by atoms with Gasteiger partial charge in [0.1, 0.15) is 73.0 Å². The molecule has 6 heterocycles. The van der Waals surface area contributed by atoms with Gasteiger partial charge in [-0.15, -0.1) is 0 Å². The number of nitrogens with one attached hydrogen (secondary N) is 2. The quantitative estimate of drug-likeness (QED) is 0.0421. The molecule has 2 amide bonds. The van der Waals surface area contributed by atoms with E-state index in [-0.39, 0.29) is 77.7 Å². The molecular weight excluding hydrogens is 1250 g/mol. The predicted molar refractivity (Wildman–Crippen MR) is 348 cm³/mol. The Morgan fingerprint density at radius 3 is 1.50 bits per heavy atom. The van der Waals surface area contributed by atoms with Crippen molar-refractivity contribution >= 4 is 45.0 Å². The number of fused-ring (bicyclic) bond motifs is 6. The molecule has 4 aromatic heterocycles. The van der Waals surface area contributed by atoms with Gasteiger partial charge in [0.25, 0.3) is 22.9 Å². The fourth-order valence-corrected chi connectivity index (χ4v) is 9.87. The third-order valence-corrected chi connectivity index (χ3v) is 14.2. The molecule has 0 aliphatic carbocycles. The Balaban J connectivity index is 0.000000195. The van der Waals surface area contributed by atoms with Crippen LogP contribution in [-0.2, 0) is 9.47 Å². The summed E-state index contributed by atoms with van der Waals surface area (Å²) < 4.78 is 123. The highest BCUT2D eigenvalue weighted by Gasteiger charge is 2.28. The molecule has 10 aromatic rings. The average Bonchev–Trinajstić information content (AvgIpc) is 0.774. The molecule has 96 heavy (non-hydrogen) atoms. The molecule has 498 valence electrons. The van der Waals surface area contributed by atoms with E-state index in [1.165, 1.54) is 125 Å². The highest BCUT2D eigenvalue weighted by Crippen LogP contribution is 2.50. The van der Waals surface area contributed by atoms with Crippen molar-refractivity contribution in [3.8, 4) is 74.6 Å². The molecule has 0 fully saturated rings. The van der Waals surface area contributed by atoms with Gasteiger partial charge in [-0.1, -0.05) is 0 Å². The molecule has 0 bridgehead atoms. The summed E-state index contributed by atoms with van der Waals surface area (Å²) in [6.45, 7) is 10.3. The Morgan fingerprint density at radius 1 is 0.521 bits per heavy atom. The molecule has 6 aromatic carbocycles. The van der Waals surface area contributed by atoms with Crippen molar-refractivity contribution in [3.63, 3.8) is 0 Å². The zero-order chi connectivity index (χ0) is 67.7. The molecule has 4 N–H and O–H groups in total. The number of hydrogen-bond donors (Lipinski definition) is 3. The second-order valence-electron chi connectivity index (χ2n) is 20.6. The van der Waals surface area contributed by atoms with E-state index in [1.54, 1.807) is 38.3 Å². The Bertz CT molecular complexity index is 4540. The number of carbonyl (C=O) groups is 2. The van der Waals surface area contributed by atoms with Crippen LogP contribution < -0.4 is 70.1 Å². The summed E-state index contributed by atoms with van der Waals surface area (Å²) in [6.07, 6.45) is 6.56. The number of ether oxygens (including phenoxy) is 11. The van der Waals surface area contributed by atoms with E-state index in [4.69, 9.17) is 57.8 Å². The van der Waals surface area contributed by atoms with Crippen molar-refractivity contribution < 1.29 is 79.3 Å². The standard InChI is InChI=1S/C34H30F2N4O7.C32H25F2N3O7.C4H10O/c1-2-43-26-11-14-40(22-7-4-20(35)5-8-22)34(42)30(26)33(41)39-21-6-9-25(23(36)18-21)47-27-10-13-38-24-19-28(44-15-3-12-37)31-32(29(24)27)46-17-16-45-31;1-40-13-14-41-27-18-24-28(30-29(27)42-15-16-43-30)26(10-11-35-24)44-25-9-6-20(17-23(25)34)36-31(38)22-3-2-12-37(32(22)39)21-7-4-19(33)5-8-21;1-3-5-4-2/h4-11,13-14,18-19H,2-3,12,15-17,37H2,1H3,(H,39,41);2-12,17-18H,13-16H2,1H3,(H,36,38);3-4H2,1-2H3. The molecule has 0 spiro atoms. The smallest absolute Gasteiger partial charge is 0.271 e. The first-order valence-corrected chi connectivity index (χ1v) is 30.4. The van der Waals surface area contributed by atoms with Gasteiger partial charge in [-0.05, 0) is 137 Å². The van der Waals surface area contributed by atoms with Crippen LogP contribution in [0, 0.1) is 23.3 Å². The number of methoxy groups -OCH3 is 1. The minimum atomic E-state index is -0.823. The van der Waals surface area contributed by atoms with Crippen molar-refractivity contribution in [3.05, 3.63) is 207 Å². The number of benzene rings is 6. The SMILES string of the molecule is CCOCC.CCOc1ccn(-c2ccc(F)cc2)c(=O)c1C(=O)Nc1ccc(Oc2ccnc3cc(OCCCN)c4c(c23)OCCO4)c(F)c1.COCCOc1cc2nccc(Oc3ccc(NC(=O)c4cccn(-c5ccc(F)cc5)c4=O)cc3F)c2c2c1OCCO2. The topological polar surface area (TPSA) is 256 Å². The van der Waals surface area contributed by atoms with E-state index in [2.05, 4.69) is 20.6 Å². The Hall–Kier alpha value is -11.2. The molecule has 0 unspecified atom stereocenters. The Labute approximate surface area is 546 Å². The zero-order valence-electron chi connectivity index (χ0n) is 52.4. The molecule has 2 aliphatic heterocycles. The minimum absolute atomic E-state index is 0.0424. The summed E-state index contributed by atoms with van der Waals surface area (Å²) in [7, 11) is 1.57. The first-order valence-electron chi connectivity index (χ1n) is 30.4. The van der Waals surface area contributed by atoms with E-state index >= 15 is 8.78 Å². The lowest BCUT2D eigenvalue weighted by molar-refractivity contribution is 0.101. The predicted octanol–water partition coefficient (Wildman–Crippen LogP) is 12.2. The van der Waals surface area contributed by atoms with Crippen LogP contribution in [0.1, 0.15) is 47.9 Å². The highest BCUT2D eigenvalue weighted by atomic mass is 19.1. The highest BCUT2D eigenvalue weighted by molar-refractivity contribution is 6.06. The number of halogens is 4. The summed E-state index contributed by atoms with van der Waals surface area (Å²) >= 11 is 0. The molecule has 0 atom stereocenters. The van der Waals surface area contributed by atoms with Crippen LogP contribution in [0.2, 0.25) is 0 Å². The van der Waals surface area contributed by atoms with Crippen molar-refractivity contribution in [1.82, 2.24) is 19.1 Å². The van der Waals surface area contributed by atoms with Crippen molar-refractivity contribution in [1.29, 1.82) is 0 Å². The Kier molecular flexibility index (Phi) is 22.6. The second-order valence-corrected chi connectivity index (χ2v) is 20.6. The fraction of sp³-hybridized carbons (Fsp3) is 0.229. The molecular formula is C70H65F4N7O15. The van der Waals surface area contributed by atoms with Crippen molar-refractivity contribution in [2.75, 3.05) is 90.4 Å². The van der Waals surface area contributed by atoms with Crippen LogP contribution in [0.4, 0.5) is 28.9 Å². The van der Waals surface area contributed by atoms with Crippen molar-refractivity contribution in [2.45, 2.75) is 27.2 Å². The van der Waals surface area contributed by atoms with Crippen LogP contribution in [0.25, 0.3) is 33.2 Å². The van der Waals surface area contributed by atoms with Gasteiger partial charge in [-0.3, -0.25) is 38.3 Å². The molecule has 0 saturated carbocycles. The maximum Gasteiger partial charge on any atom is 0.271 e. The largest absolute Gasteiger partial charge is 0.493 e. The van der Waals surface area contributed by atoms with Gasteiger partial charge in [0.05, 0.1) is 41.6 Å². The van der Waals surface area contributed by atoms with Gasteiger partial charge in [0.15, 0.2) is 46.1 Å². The van der Waals surface area contributed by atoms with E-state index < -0.39 is 46.2 Å². The maximum atomic E-state index is 15.5. The first kappa shape index (κ1) is 67.7. The number of nitrogens with zero attached hydrogens (tertiary/aromatic N) is 4. The van der Waals surface area contributed by atoms with Gasteiger partial charge < -0.3 is 68.5 Å².